The molecule has 5 nitrogen and oxygen atoms in total. The Labute approximate surface area is 128 Å². The average molecular weight is 320 g/mol. The van der Waals surface area contributed by atoms with E-state index in [1.165, 1.54) is 0 Å². The standard InChI is InChI=1S/C13H19Cl2N3O2/c1-13(2,3)20-12(19)17-7-8(6-16)10-4-9(14)5-11(15)18-10/h4-5,8H,6-7,16H2,1-3H3,(H,17,19). The first-order valence-electron chi connectivity index (χ1n) is 6.21. The maximum Gasteiger partial charge on any atom is 0.407 e. The van der Waals surface area contributed by atoms with Gasteiger partial charge in [0.15, 0.2) is 0 Å². The molecule has 112 valence electrons. The number of pyridine rings is 1. The summed E-state index contributed by atoms with van der Waals surface area (Å²) >= 11 is 11.8. The van der Waals surface area contributed by atoms with E-state index in [2.05, 4.69) is 10.3 Å². The van der Waals surface area contributed by atoms with E-state index in [0.29, 0.717) is 29.0 Å². The molecule has 0 saturated heterocycles. The van der Waals surface area contributed by atoms with E-state index in [1.807, 2.05) is 0 Å². The van der Waals surface area contributed by atoms with E-state index >= 15 is 0 Å². The SMILES string of the molecule is CC(C)(C)OC(=O)NCC(CN)c1cc(Cl)cc(Cl)n1. The second-order valence-corrected chi connectivity index (χ2v) is 6.17. The number of aromatic nitrogens is 1. The van der Waals surface area contributed by atoms with Gasteiger partial charge in [-0.15, -0.1) is 0 Å². The van der Waals surface area contributed by atoms with Gasteiger partial charge in [0.2, 0.25) is 0 Å². The molecule has 0 saturated carbocycles. The monoisotopic (exact) mass is 319 g/mol. The van der Waals surface area contributed by atoms with Crippen LogP contribution in [-0.4, -0.2) is 29.8 Å². The van der Waals surface area contributed by atoms with Crippen LogP contribution in [0.1, 0.15) is 32.4 Å². The Hall–Kier alpha value is -1.04. The van der Waals surface area contributed by atoms with Crippen LogP contribution in [0, 0.1) is 0 Å². The Morgan fingerprint density at radius 3 is 2.60 bits per heavy atom. The van der Waals surface area contributed by atoms with E-state index in [-0.39, 0.29) is 5.92 Å². The molecule has 0 aliphatic heterocycles. The fourth-order valence-electron chi connectivity index (χ4n) is 1.52. The molecule has 7 heteroatoms. The first-order valence-corrected chi connectivity index (χ1v) is 6.97. The van der Waals surface area contributed by atoms with Crippen LogP contribution >= 0.6 is 23.2 Å². The molecule has 1 aromatic rings. The molecule has 1 rings (SSSR count). The number of alkyl carbamates (subject to hydrolysis) is 1. The van der Waals surface area contributed by atoms with E-state index < -0.39 is 11.7 Å². The van der Waals surface area contributed by atoms with Crippen molar-refractivity contribution in [1.82, 2.24) is 10.3 Å². The van der Waals surface area contributed by atoms with Crippen LogP contribution in [0.5, 0.6) is 0 Å². The summed E-state index contributed by atoms with van der Waals surface area (Å²) < 4.78 is 5.15. The van der Waals surface area contributed by atoms with Gasteiger partial charge in [0.25, 0.3) is 0 Å². The Balaban J connectivity index is 2.66. The summed E-state index contributed by atoms with van der Waals surface area (Å²) in [7, 11) is 0. The normalized spacial score (nSPS) is 12.9. The quantitative estimate of drug-likeness (QED) is 0.836. The average Bonchev–Trinajstić information content (AvgIpc) is 2.25. The van der Waals surface area contributed by atoms with Crippen LogP contribution in [0.15, 0.2) is 12.1 Å². The predicted molar refractivity (Wildman–Crippen MR) is 80.3 cm³/mol. The van der Waals surface area contributed by atoms with Crippen molar-refractivity contribution in [1.29, 1.82) is 0 Å². The van der Waals surface area contributed by atoms with Crippen molar-refractivity contribution in [2.75, 3.05) is 13.1 Å². The highest BCUT2D eigenvalue weighted by Gasteiger charge is 2.18. The third-order valence-corrected chi connectivity index (χ3v) is 2.78. The number of ether oxygens (including phenoxy) is 1. The van der Waals surface area contributed by atoms with Crippen LogP contribution in [0.25, 0.3) is 0 Å². The van der Waals surface area contributed by atoms with Crippen molar-refractivity contribution in [3.05, 3.63) is 28.0 Å². The second kappa shape index (κ2) is 7.11. The Morgan fingerprint density at radius 2 is 2.10 bits per heavy atom. The van der Waals surface area contributed by atoms with Gasteiger partial charge < -0.3 is 15.8 Å². The van der Waals surface area contributed by atoms with Crippen LogP contribution < -0.4 is 11.1 Å². The number of carbonyl (C=O) groups is 1. The number of rotatable bonds is 4. The number of nitrogens with one attached hydrogen (secondary N) is 1. The lowest BCUT2D eigenvalue weighted by atomic mass is 10.1. The molecule has 20 heavy (non-hydrogen) atoms. The van der Waals surface area contributed by atoms with Gasteiger partial charge in [-0.25, -0.2) is 9.78 Å². The number of carbonyl (C=O) groups excluding carboxylic acids is 1. The van der Waals surface area contributed by atoms with Crippen LogP contribution in [0.4, 0.5) is 4.79 Å². The highest BCUT2D eigenvalue weighted by molar-refractivity contribution is 6.33. The molecule has 0 bridgehead atoms. The van der Waals surface area contributed by atoms with E-state index in [4.69, 9.17) is 33.7 Å². The number of halogens is 2. The lowest BCUT2D eigenvalue weighted by Gasteiger charge is -2.21. The van der Waals surface area contributed by atoms with Gasteiger partial charge in [0, 0.05) is 29.7 Å². The van der Waals surface area contributed by atoms with E-state index in [0.717, 1.165) is 0 Å². The molecule has 3 N–H and O–H groups in total. The number of amides is 1. The molecule has 1 unspecified atom stereocenters. The molecule has 0 aliphatic rings. The number of hydrogen-bond acceptors (Lipinski definition) is 4. The van der Waals surface area contributed by atoms with Crippen molar-refractivity contribution < 1.29 is 9.53 Å². The zero-order chi connectivity index (χ0) is 15.3. The second-order valence-electron chi connectivity index (χ2n) is 5.35. The van der Waals surface area contributed by atoms with Crippen molar-refractivity contribution in [2.24, 2.45) is 5.73 Å². The summed E-state index contributed by atoms with van der Waals surface area (Å²) in [6, 6.07) is 3.23. The summed E-state index contributed by atoms with van der Waals surface area (Å²) in [6.07, 6.45) is -0.496. The number of nitrogens with two attached hydrogens (primary N) is 1. The molecular formula is C13H19Cl2N3O2. The minimum Gasteiger partial charge on any atom is -0.444 e. The van der Waals surface area contributed by atoms with Gasteiger partial charge in [-0.2, -0.15) is 0 Å². The van der Waals surface area contributed by atoms with E-state index in [1.54, 1.807) is 32.9 Å². The van der Waals surface area contributed by atoms with Gasteiger partial charge in [-0.05, 0) is 32.9 Å². The maximum atomic E-state index is 11.6. The zero-order valence-electron chi connectivity index (χ0n) is 11.7. The smallest absolute Gasteiger partial charge is 0.407 e. The molecule has 0 fully saturated rings. The zero-order valence-corrected chi connectivity index (χ0v) is 13.3. The topological polar surface area (TPSA) is 77.2 Å². The van der Waals surface area contributed by atoms with Crippen LogP contribution in [-0.2, 0) is 4.74 Å². The van der Waals surface area contributed by atoms with Gasteiger partial charge in [-0.1, -0.05) is 23.2 Å². The molecule has 0 radical (unpaired) electrons. The summed E-state index contributed by atoms with van der Waals surface area (Å²) in [4.78, 5) is 15.8. The first-order chi connectivity index (χ1) is 9.21. The lowest BCUT2D eigenvalue weighted by molar-refractivity contribution is 0.0524. The molecular weight excluding hydrogens is 301 g/mol. The molecule has 0 aromatic carbocycles. The van der Waals surface area contributed by atoms with Gasteiger partial charge in [0.05, 0.1) is 0 Å². The minimum absolute atomic E-state index is 0.182. The Morgan fingerprint density at radius 1 is 1.45 bits per heavy atom. The third kappa shape index (κ3) is 5.94. The fourth-order valence-corrected chi connectivity index (χ4v) is 2.01. The van der Waals surface area contributed by atoms with E-state index in [9.17, 15) is 4.79 Å². The molecule has 0 spiro atoms. The van der Waals surface area contributed by atoms with Crippen molar-refractivity contribution >= 4 is 29.3 Å². The highest BCUT2D eigenvalue weighted by Crippen LogP contribution is 2.20. The summed E-state index contributed by atoms with van der Waals surface area (Å²) in [5, 5.41) is 3.44. The predicted octanol–water partition coefficient (Wildman–Crippen LogP) is 2.96. The highest BCUT2D eigenvalue weighted by atomic mass is 35.5. The van der Waals surface area contributed by atoms with Crippen molar-refractivity contribution in [3.8, 4) is 0 Å². The summed E-state index contributed by atoms with van der Waals surface area (Å²) in [5.74, 6) is -0.182. The van der Waals surface area contributed by atoms with Gasteiger partial charge in [0.1, 0.15) is 10.8 Å². The number of hydrogen-bond donors (Lipinski definition) is 2. The molecule has 1 aromatic heterocycles. The third-order valence-electron chi connectivity index (χ3n) is 2.37. The molecule has 1 atom stereocenters. The maximum absolute atomic E-state index is 11.6. The van der Waals surface area contributed by atoms with Gasteiger partial charge in [-0.3, -0.25) is 0 Å². The minimum atomic E-state index is -0.542. The molecule has 0 aliphatic carbocycles. The number of nitrogens with zero attached hydrogens (tertiary/aromatic N) is 1. The Bertz CT molecular complexity index is 455. The van der Waals surface area contributed by atoms with Crippen LogP contribution in [0.2, 0.25) is 10.2 Å². The fraction of sp³-hybridized carbons (Fsp3) is 0.538. The summed E-state index contributed by atoms with van der Waals surface area (Å²) in [5.41, 5.74) is 5.80. The largest absolute Gasteiger partial charge is 0.444 e. The molecule has 1 amide bonds. The van der Waals surface area contributed by atoms with Crippen molar-refractivity contribution in [2.45, 2.75) is 32.3 Å². The van der Waals surface area contributed by atoms with Gasteiger partial charge >= 0.3 is 6.09 Å². The Kier molecular flexibility index (Phi) is 6.05. The first kappa shape index (κ1) is 17.0. The van der Waals surface area contributed by atoms with Crippen LogP contribution in [0.3, 0.4) is 0 Å². The molecule has 1 heterocycles. The summed E-state index contributed by atoms with van der Waals surface area (Å²) in [6.45, 7) is 6.00. The lowest BCUT2D eigenvalue weighted by Crippen LogP contribution is -2.36. The van der Waals surface area contributed by atoms with Crippen molar-refractivity contribution in [3.63, 3.8) is 0 Å².